The van der Waals surface area contributed by atoms with Crippen LogP contribution in [-0.4, -0.2) is 18.4 Å². The first kappa shape index (κ1) is 18.3. The molecule has 3 aromatic rings. The van der Waals surface area contributed by atoms with Gasteiger partial charge in [0.2, 0.25) is 5.91 Å². The van der Waals surface area contributed by atoms with Crippen molar-refractivity contribution in [3.8, 4) is 11.5 Å². The number of para-hydroxylation sites is 1. The van der Waals surface area contributed by atoms with E-state index in [1.54, 1.807) is 36.4 Å². The fraction of sp³-hybridized carbons (Fsp3) is 0.143. The van der Waals surface area contributed by atoms with E-state index in [1.165, 1.54) is 6.26 Å². The minimum absolute atomic E-state index is 0.112. The lowest BCUT2D eigenvalue weighted by Crippen LogP contribution is -2.25. The lowest BCUT2D eigenvalue weighted by molar-refractivity contribution is -0.116. The van der Waals surface area contributed by atoms with Gasteiger partial charge in [-0.25, -0.2) is 0 Å². The molecule has 0 bridgehead atoms. The van der Waals surface area contributed by atoms with Crippen molar-refractivity contribution >= 4 is 17.5 Å². The third-order valence-corrected chi connectivity index (χ3v) is 3.73. The van der Waals surface area contributed by atoms with Gasteiger partial charge < -0.3 is 19.8 Å². The molecule has 138 valence electrons. The highest BCUT2D eigenvalue weighted by atomic mass is 16.5. The van der Waals surface area contributed by atoms with Gasteiger partial charge in [-0.05, 0) is 55.0 Å². The average molecular weight is 364 g/mol. The van der Waals surface area contributed by atoms with Gasteiger partial charge in [-0.2, -0.15) is 0 Å². The van der Waals surface area contributed by atoms with Crippen molar-refractivity contribution in [2.75, 3.05) is 11.9 Å². The number of hydrogen-bond acceptors (Lipinski definition) is 4. The second-order valence-electron chi connectivity index (χ2n) is 5.82. The summed E-state index contributed by atoms with van der Waals surface area (Å²) in [6.45, 7) is 0.400. The third-order valence-electron chi connectivity index (χ3n) is 3.73. The monoisotopic (exact) mass is 364 g/mol. The first-order valence-corrected chi connectivity index (χ1v) is 8.65. The van der Waals surface area contributed by atoms with Gasteiger partial charge in [-0.3, -0.25) is 9.59 Å². The highest BCUT2D eigenvalue weighted by Gasteiger charge is 2.08. The molecule has 0 atom stereocenters. The van der Waals surface area contributed by atoms with E-state index < -0.39 is 0 Å². The molecule has 1 heterocycles. The van der Waals surface area contributed by atoms with Crippen LogP contribution in [0.3, 0.4) is 0 Å². The van der Waals surface area contributed by atoms with E-state index in [2.05, 4.69) is 10.6 Å². The van der Waals surface area contributed by atoms with Crippen LogP contribution in [0.4, 0.5) is 5.69 Å². The number of hydrogen-bond donors (Lipinski definition) is 2. The smallest absolute Gasteiger partial charge is 0.286 e. The predicted molar refractivity (Wildman–Crippen MR) is 102 cm³/mol. The molecule has 6 nitrogen and oxygen atoms in total. The molecule has 0 fully saturated rings. The summed E-state index contributed by atoms with van der Waals surface area (Å²) in [7, 11) is 0. The van der Waals surface area contributed by atoms with Crippen LogP contribution in [0.15, 0.2) is 77.4 Å². The van der Waals surface area contributed by atoms with Crippen LogP contribution in [0.5, 0.6) is 11.5 Å². The summed E-state index contributed by atoms with van der Waals surface area (Å²) in [6.07, 6.45) is 2.28. The van der Waals surface area contributed by atoms with Crippen LogP contribution in [0.1, 0.15) is 23.4 Å². The summed E-state index contributed by atoms with van der Waals surface area (Å²) in [4.78, 5) is 23.7. The SMILES string of the molecule is O=C(CCCNC(=O)c1ccco1)Nc1ccc(Oc2ccccc2)cc1. The summed E-state index contributed by atoms with van der Waals surface area (Å²) in [6, 6.07) is 19.9. The molecule has 2 N–H and O–H groups in total. The second-order valence-corrected chi connectivity index (χ2v) is 5.82. The number of nitrogens with one attached hydrogen (secondary N) is 2. The van der Waals surface area contributed by atoms with Gasteiger partial charge in [0.15, 0.2) is 5.76 Å². The zero-order valence-corrected chi connectivity index (χ0v) is 14.7. The van der Waals surface area contributed by atoms with E-state index in [0.29, 0.717) is 30.8 Å². The molecule has 6 heteroatoms. The maximum atomic E-state index is 12.0. The van der Waals surface area contributed by atoms with Crippen molar-refractivity contribution in [2.45, 2.75) is 12.8 Å². The maximum absolute atomic E-state index is 12.0. The molecule has 0 spiro atoms. The van der Waals surface area contributed by atoms with Gasteiger partial charge >= 0.3 is 0 Å². The molecule has 0 unspecified atom stereocenters. The van der Waals surface area contributed by atoms with Crippen molar-refractivity contribution in [3.63, 3.8) is 0 Å². The molecular weight excluding hydrogens is 344 g/mol. The largest absolute Gasteiger partial charge is 0.459 e. The topological polar surface area (TPSA) is 80.6 Å². The lowest BCUT2D eigenvalue weighted by atomic mass is 10.2. The Labute approximate surface area is 157 Å². The van der Waals surface area contributed by atoms with Crippen molar-refractivity contribution < 1.29 is 18.7 Å². The summed E-state index contributed by atoms with van der Waals surface area (Å²) in [5.74, 6) is 1.32. The van der Waals surface area contributed by atoms with Crippen molar-refractivity contribution in [3.05, 3.63) is 78.8 Å². The Kier molecular flexibility index (Phi) is 6.25. The fourth-order valence-corrected chi connectivity index (χ4v) is 2.40. The molecule has 0 radical (unpaired) electrons. The molecule has 0 aliphatic carbocycles. The van der Waals surface area contributed by atoms with Crippen molar-refractivity contribution in [1.82, 2.24) is 5.32 Å². The van der Waals surface area contributed by atoms with Gasteiger partial charge in [0.25, 0.3) is 5.91 Å². The number of furan rings is 1. The highest BCUT2D eigenvalue weighted by Crippen LogP contribution is 2.22. The number of rotatable bonds is 8. The van der Waals surface area contributed by atoms with E-state index in [-0.39, 0.29) is 17.6 Å². The molecule has 27 heavy (non-hydrogen) atoms. The van der Waals surface area contributed by atoms with E-state index in [4.69, 9.17) is 9.15 Å². The zero-order valence-electron chi connectivity index (χ0n) is 14.7. The zero-order chi connectivity index (χ0) is 18.9. The van der Waals surface area contributed by atoms with Gasteiger partial charge in [0.1, 0.15) is 11.5 Å². The highest BCUT2D eigenvalue weighted by molar-refractivity contribution is 5.92. The normalized spacial score (nSPS) is 10.2. The standard InChI is InChI=1S/C21H20N2O4/c24-20(9-4-14-22-21(25)19-8-5-15-26-19)23-16-10-12-18(13-11-16)27-17-6-2-1-3-7-17/h1-3,5-8,10-13,15H,4,9,14H2,(H,22,25)(H,23,24). The summed E-state index contributed by atoms with van der Waals surface area (Å²) in [5.41, 5.74) is 0.694. The van der Waals surface area contributed by atoms with Crippen molar-refractivity contribution in [2.24, 2.45) is 0 Å². The molecular formula is C21H20N2O4. The molecule has 3 rings (SSSR count). The molecule has 0 aliphatic heterocycles. The first-order valence-electron chi connectivity index (χ1n) is 8.65. The number of carbonyl (C=O) groups excluding carboxylic acids is 2. The number of carbonyl (C=O) groups is 2. The summed E-state index contributed by atoms with van der Waals surface area (Å²) in [5, 5.41) is 5.53. The Morgan fingerprint density at radius 1 is 0.889 bits per heavy atom. The van der Waals surface area contributed by atoms with Crippen molar-refractivity contribution in [1.29, 1.82) is 0 Å². The molecule has 0 saturated carbocycles. The Morgan fingerprint density at radius 2 is 1.63 bits per heavy atom. The number of anilines is 1. The van der Waals surface area contributed by atoms with Gasteiger partial charge in [-0.1, -0.05) is 18.2 Å². The Hall–Kier alpha value is -3.54. The van der Waals surface area contributed by atoms with Gasteiger partial charge in [-0.15, -0.1) is 0 Å². The van der Waals surface area contributed by atoms with Crippen LogP contribution < -0.4 is 15.4 Å². The van der Waals surface area contributed by atoms with Crippen LogP contribution in [0.2, 0.25) is 0 Å². The maximum Gasteiger partial charge on any atom is 0.286 e. The molecule has 0 aliphatic rings. The Bertz CT molecular complexity index is 859. The number of benzene rings is 2. The predicted octanol–water partition coefficient (Wildman–Crippen LogP) is 4.22. The lowest BCUT2D eigenvalue weighted by Gasteiger charge is -2.08. The van der Waals surface area contributed by atoms with E-state index in [0.717, 1.165) is 5.75 Å². The summed E-state index contributed by atoms with van der Waals surface area (Å²) < 4.78 is 10.7. The van der Waals surface area contributed by atoms with E-state index in [9.17, 15) is 9.59 Å². The Morgan fingerprint density at radius 3 is 2.33 bits per heavy atom. The quantitative estimate of drug-likeness (QED) is 0.587. The molecule has 1 aromatic heterocycles. The molecule has 0 saturated heterocycles. The molecule has 2 amide bonds. The minimum atomic E-state index is -0.283. The Balaban J connectivity index is 1.38. The fourth-order valence-electron chi connectivity index (χ4n) is 2.40. The second kappa shape index (κ2) is 9.24. The first-order chi connectivity index (χ1) is 13.2. The van der Waals surface area contributed by atoms with Crippen LogP contribution in [0, 0.1) is 0 Å². The van der Waals surface area contributed by atoms with E-state index >= 15 is 0 Å². The average Bonchev–Trinajstić information content (AvgIpc) is 3.22. The van der Waals surface area contributed by atoms with Crippen LogP contribution in [0.25, 0.3) is 0 Å². The minimum Gasteiger partial charge on any atom is -0.459 e. The van der Waals surface area contributed by atoms with Crippen LogP contribution in [-0.2, 0) is 4.79 Å². The van der Waals surface area contributed by atoms with Crippen LogP contribution >= 0.6 is 0 Å². The van der Waals surface area contributed by atoms with Gasteiger partial charge in [0, 0.05) is 18.7 Å². The van der Waals surface area contributed by atoms with E-state index in [1.807, 2.05) is 30.3 Å². The number of ether oxygens (including phenoxy) is 1. The molecule has 2 aromatic carbocycles. The summed E-state index contributed by atoms with van der Waals surface area (Å²) >= 11 is 0. The number of amides is 2. The third kappa shape index (κ3) is 5.74. The van der Waals surface area contributed by atoms with Gasteiger partial charge in [0.05, 0.1) is 6.26 Å².